The summed E-state index contributed by atoms with van der Waals surface area (Å²) in [5.41, 5.74) is 0. The van der Waals surface area contributed by atoms with E-state index in [0.29, 0.717) is 12.1 Å². The Hall–Kier alpha value is -0.160. The molecule has 0 aliphatic carbocycles. The number of ether oxygens (including phenoxy) is 1. The van der Waals surface area contributed by atoms with Crippen LogP contribution >= 0.6 is 0 Å². The van der Waals surface area contributed by atoms with Crippen molar-refractivity contribution < 1.29 is 9.53 Å². The number of allylic oxidation sites excluding steroid dienone is 1. The molecule has 3 rings (SSSR count). The van der Waals surface area contributed by atoms with Gasteiger partial charge in [-0.2, -0.15) is 0 Å². The second-order valence-electron chi connectivity index (χ2n) is 5.44. The molecule has 0 radical (unpaired) electrons. The van der Waals surface area contributed by atoms with E-state index in [4.69, 9.17) is 4.74 Å². The topological polar surface area (TPSA) is 41.6 Å². The second kappa shape index (κ2) is 4.84. The summed E-state index contributed by atoms with van der Waals surface area (Å²) in [6.45, 7) is 0. The first kappa shape index (κ1) is 11.9. The molecule has 3 aliphatic heterocycles. The summed E-state index contributed by atoms with van der Waals surface area (Å²) in [7, 11) is 2.21. The van der Waals surface area contributed by atoms with Gasteiger partial charge in [0, 0.05) is 0 Å². The Morgan fingerprint density at radius 3 is 2.71 bits per heavy atom. The third kappa shape index (κ3) is 2.36. The van der Waals surface area contributed by atoms with Gasteiger partial charge in [0.25, 0.3) is 0 Å². The average Bonchev–Trinajstić information content (AvgIpc) is 2.88. The predicted octanol–water partition coefficient (Wildman–Crippen LogP) is 1.44. The molecule has 0 aromatic carbocycles. The molecule has 2 unspecified atom stereocenters. The molecule has 2 saturated heterocycles. The number of nitrogens with one attached hydrogen (secondary N) is 1. The number of nitrogens with zero attached hydrogens (tertiary/aromatic N) is 1. The third-order valence-corrected chi connectivity index (χ3v) is 10.2. The van der Waals surface area contributed by atoms with E-state index in [9.17, 15) is 4.79 Å². The number of rotatable bonds is 2. The molecule has 17 heavy (non-hydrogen) atoms. The van der Waals surface area contributed by atoms with Crippen LogP contribution in [-0.4, -0.2) is 55.6 Å². The van der Waals surface area contributed by atoms with Crippen LogP contribution in [0.1, 0.15) is 25.7 Å². The van der Waals surface area contributed by atoms with Crippen molar-refractivity contribution >= 4 is 25.5 Å². The summed E-state index contributed by atoms with van der Waals surface area (Å²) in [5, 5.41) is 0. The van der Waals surface area contributed by atoms with Gasteiger partial charge in [0.15, 0.2) is 0 Å². The molecule has 1 N–H and O–H groups in total. The Labute approximate surface area is 110 Å². The van der Waals surface area contributed by atoms with Crippen molar-refractivity contribution in [1.82, 2.24) is 8.20 Å². The van der Waals surface area contributed by atoms with Gasteiger partial charge in [-0.05, 0) is 0 Å². The Morgan fingerprint density at radius 1 is 1.41 bits per heavy atom. The zero-order valence-corrected chi connectivity index (χ0v) is 13.6. The van der Waals surface area contributed by atoms with Crippen LogP contribution < -0.4 is 3.30 Å². The maximum atomic E-state index is 12.0. The molecular formula is C12H19InN2O2. The summed E-state index contributed by atoms with van der Waals surface area (Å²) in [5.74, 6) is 0. The van der Waals surface area contributed by atoms with E-state index in [-0.39, 0.29) is 9.83 Å². The number of hydrogen-bond donors (Lipinski definition) is 1. The molecule has 0 amide bonds. The van der Waals surface area contributed by atoms with Gasteiger partial charge in [-0.1, -0.05) is 0 Å². The SMILES string of the molecule is CN1C2CCC1CC(O[C](=O)[In]1[CH2]C=C[NH]1)C2. The third-order valence-electron chi connectivity index (χ3n) is 4.41. The van der Waals surface area contributed by atoms with E-state index in [1.807, 2.05) is 6.20 Å². The number of piperidine rings is 1. The van der Waals surface area contributed by atoms with Crippen LogP contribution in [-0.2, 0) is 4.74 Å². The van der Waals surface area contributed by atoms with Crippen molar-refractivity contribution in [2.45, 2.75) is 48.0 Å². The van der Waals surface area contributed by atoms with E-state index in [0.717, 1.165) is 17.0 Å². The average molecular weight is 338 g/mol. The fourth-order valence-electron chi connectivity index (χ4n) is 3.32. The summed E-state index contributed by atoms with van der Waals surface area (Å²) in [6.07, 6.45) is 8.84. The van der Waals surface area contributed by atoms with Crippen LogP contribution in [0.4, 0.5) is 4.79 Å². The van der Waals surface area contributed by atoms with Gasteiger partial charge in [-0.3, -0.25) is 0 Å². The van der Waals surface area contributed by atoms with Crippen LogP contribution in [0.15, 0.2) is 12.3 Å². The van der Waals surface area contributed by atoms with E-state index in [2.05, 4.69) is 21.3 Å². The van der Waals surface area contributed by atoms with E-state index in [1.54, 1.807) is 0 Å². The van der Waals surface area contributed by atoms with Crippen LogP contribution in [0.2, 0.25) is 4.18 Å². The zero-order valence-electron chi connectivity index (χ0n) is 10.3. The van der Waals surface area contributed by atoms with Crippen LogP contribution in [0.5, 0.6) is 0 Å². The Morgan fingerprint density at radius 2 is 2.12 bits per heavy atom. The normalized spacial score (nSPS) is 36.1. The molecule has 92 valence electrons. The van der Waals surface area contributed by atoms with Crippen molar-refractivity contribution in [2.24, 2.45) is 0 Å². The number of carbonyl (C=O) groups is 1. The first-order chi connectivity index (χ1) is 8.24. The van der Waals surface area contributed by atoms with Crippen LogP contribution in [0.25, 0.3) is 0 Å². The molecule has 2 bridgehead atoms. The number of fused-ring (bicyclic) bond motifs is 2. The molecule has 3 heterocycles. The van der Waals surface area contributed by atoms with Gasteiger partial charge >= 0.3 is 111 Å². The molecule has 5 heteroatoms. The van der Waals surface area contributed by atoms with E-state index < -0.39 is 21.7 Å². The van der Waals surface area contributed by atoms with Crippen molar-refractivity contribution in [2.75, 3.05) is 7.05 Å². The minimum atomic E-state index is -2.22. The predicted molar refractivity (Wildman–Crippen MR) is 66.9 cm³/mol. The van der Waals surface area contributed by atoms with Crippen molar-refractivity contribution in [3.63, 3.8) is 0 Å². The molecule has 3 aliphatic rings. The zero-order chi connectivity index (χ0) is 11.8. The van der Waals surface area contributed by atoms with Gasteiger partial charge in [0.05, 0.1) is 0 Å². The monoisotopic (exact) mass is 338 g/mol. The molecule has 0 saturated carbocycles. The van der Waals surface area contributed by atoms with Gasteiger partial charge in [0.1, 0.15) is 0 Å². The molecule has 2 atom stereocenters. The van der Waals surface area contributed by atoms with E-state index >= 15 is 0 Å². The maximum absolute atomic E-state index is 12.0. The first-order valence-corrected chi connectivity index (χ1v) is 12.2. The van der Waals surface area contributed by atoms with Gasteiger partial charge in [0.2, 0.25) is 0 Å². The van der Waals surface area contributed by atoms with Crippen molar-refractivity contribution in [1.29, 1.82) is 0 Å². The minimum absolute atomic E-state index is 0.130. The molecule has 0 spiro atoms. The first-order valence-electron chi connectivity index (χ1n) is 6.57. The van der Waals surface area contributed by atoms with Gasteiger partial charge in [-0.25, -0.2) is 0 Å². The van der Waals surface area contributed by atoms with E-state index in [1.165, 1.54) is 12.8 Å². The Balaban J connectivity index is 1.54. The summed E-state index contributed by atoms with van der Waals surface area (Å²) in [6, 6.07) is 1.30. The van der Waals surface area contributed by atoms with Crippen LogP contribution in [0, 0.1) is 0 Å². The quantitative estimate of drug-likeness (QED) is 0.827. The van der Waals surface area contributed by atoms with Crippen LogP contribution in [0.3, 0.4) is 0 Å². The number of carbonyl (C=O) groups excluding carboxylic acids is 1. The molecule has 2 fully saturated rings. The second-order valence-corrected chi connectivity index (χ2v) is 12.2. The molecule has 0 aromatic rings. The summed E-state index contributed by atoms with van der Waals surface area (Å²) >= 11 is -2.22. The number of hydrogen-bond acceptors (Lipinski definition) is 4. The summed E-state index contributed by atoms with van der Waals surface area (Å²) < 4.78 is 10.1. The molecule has 4 nitrogen and oxygen atoms in total. The fraction of sp³-hybridized carbons (Fsp3) is 0.750. The van der Waals surface area contributed by atoms with Gasteiger partial charge in [-0.15, -0.1) is 0 Å². The van der Waals surface area contributed by atoms with Crippen molar-refractivity contribution in [3.8, 4) is 0 Å². The van der Waals surface area contributed by atoms with Gasteiger partial charge < -0.3 is 0 Å². The van der Waals surface area contributed by atoms with Crippen molar-refractivity contribution in [3.05, 3.63) is 12.3 Å². The summed E-state index contributed by atoms with van der Waals surface area (Å²) in [4.78, 5) is 14.5. The molecule has 0 aromatic heterocycles. The fourth-order valence-corrected chi connectivity index (χ4v) is 7.89. The Kier molecular flexibility index (Phi) is 3.39. The Bertz CT molecular complexity index is 325. The standard InChI is InChI=1S/C9H14NO2.C3H5N.In/c1-10-7-2-3-8(10)5-9(4-7)12-6-11;1-2-3-4;/h7-9H,2-5H2,1H3;2-4H,1H2;/q;-1;+1. The molecular weight excluding hydrogens is 319 g/mol.